The van der Waals surface area contributed by atoms with E-state index < -0.39 is 5.82 Å². The molecular formula is C20H18ClFN4OS. The largest absolute Gasteiger partial charge is 0.360 e. The van der Waals surface area contributed by atoms with Crippen molar-refractivity contribution in [2.24, 2.45) is 5.73 Å². The number of aromatic nitrogens is 1. The summed E-state index contributed by atoms with van der Waals surface area (Å²) in [6.45, 7) is 0.514. The highest BCUT2D eigenvalue weighted by atomic mass is 35.5. The Morgan fingerprint density at radius 1 is 1.32 bits per heavy atom. The maximum absolute atomic E-state index is 13.5. The molecule has 0 spiro atoms. The number of nitrogens with two attached hydrogens (primary N) is 1. The van der Waals surface area contributed by atoms with E-state index in [2.05, 4.69) is 15.6 Å². The molecule has 0 radical (unpaired) electrons. The van der Waals surface area contributed by atoms with Crippen LogP contribution in [0.5, 0.6) is 0 Å². The SMILES string of the molecule is N[C@H](CNc1ncc(-c2ccc3c(c2)CC(=O)N3)s1)Cc1ccc(Cl)c(F)c1. The molecule has 144 valence electrons. The molecule has 3 aromatic rings. The Bertz CT molecular complexity index is 1040. The number of halogens is 2. The van der Waals surface area contributed by atoms with E-state index in [1.165, 1.54) is 17.4 Å². The molecule has 0 fully saturated rings. The Labute approximate surface area is 170 Å². The molecule has 0 saturated heterocycles. The van der Waals surface area contributed by atoms with Crippen LogP contribution >= 0.6 is 22.9 Å². The first kappa shape index (κ1) is 18.9. The number of benzene rings is 2. The first-order valence-electron chi connectivity index (χ1n) is 8.80. The van der Waals surface area contributed by atoms with Crippen molar-refractivity contribution in [1.29, 1.82) is 0 Å². The average molecular weight is 417 g/mol. The summed E-state index contributed by atoms with van der Waals surface area (Å²) < 4.78 is 13.5. The van der Waals surface area contributed by atoms with Gasteiger partial charge in [0, 0.05) is 24.5 Å². The number of hydrogen-bond donors (Lipinski definition) is 3. The molecule has 28 heavy (non-hydrogen) atoms. The van der Waals surface area contributed by atoms with Gasteiger partial charge in [-0.15, -0.1) is 0 Å². The third-order valence-electron chi connectivity index (χ3n) is 4.52. The third-order valence-corrected chi connectivity index (χ3v) is 5.83. The van der Waals surface area contributed by atoms with E-state index in [1.807, 2.05) is 18.2 Å². The smallest absolute Gasteiger partial charge is 0.228 e. The normalized spacial score (nSPS) is 13.9. The van der Waals surface area contributed by atoms with Crippen LogP contribution in [-0.4, -0.2) is 23.5 Å². The van der Waals surface area contributed by atoms with Crippen LogP contribution in [-0.2, 0) is 17.6 Å². The number of nitrogens with zero attached hydrogens (tertiary/aromatic N) is 1. The molecule has 4 N–H and O–H groups in total. The summed E-state index contributed by atoms with van der Waals surface area (Å²) in [6.07, 6.45) is 2.75. The number of carbonyl (C=O) groups is 1. The molecule has 5 nitrogen and oxygen atoms in total. The molecule has 2 heterocycles. The van der Waals surface area contributed by atoms with Crippen LogP contribution in [0.2, 0.25) is 5.02 Å². The summed E-state index contributed by atoms with van der Waals surface area (Å²) in [5.41, 5.74) is 9.87. The van der Waals surface area contributed by atoms with E-state index >= 15 is 0 Å². The Morgan fingerprint density at radius 2 is 2.18 bits per heavy atom. The molecule has 1 aliphatic rings. The van der Waals surface area contributed by atoms with Crippen molar-refractivity contribution >= 4 is 39.7 Å². The van der Waals surface area contributed by atoms with Crippen molar-refractivity contribution in [2.45, 2.75) is 18.9 Å². The monoisotopic (exact) mass is 416 g/mol. The zero-order valence-electron chi connectivity index (χ0n) is 14.8. The molecule has 1 amide bonds. The fraction of sp³-hybridized carbons (Fsp3) is 0.200. The average Bonchev–Trinajstić information content (AvgIpc) is 3.28. The number of anilines is 2. The maximum atomic E-state index is 13.5. The van der Waals surface area contributed by atoms with Gasteiger partial charge in [0.2, 0.25) is 5.91 Å². The standard InChI is InChI=1S/C20H18ClFN4OS/c21-15-3-1-11(6-16(15)22)5-14(23)9-24-20-25-10-18(28-20)12-2-4-17-13(7-12)8-19(27)26-17/h1-4,6-7,10,14H,5,8-9,23H2,(H,24,25)(H,26,27)/t14-/m0/s1. The van der Waals surface area contributed by atoms with E-state index in [4.69, 9.17) is 17.3 Å². The molecule has 0 saturated carbocycles. The number of fused-ring (bicyclic) bond motifs is 1. The lowest BCUT2D eigenvalue weighted by Gasteiger charge is -2.12. The third kappa shape index (κ3) is 4.16. The lowest BCUT2D eigenvalue weighted by Crippen LogP contribution is -2.31. The molecule has 0 unspecified atom stereocenters. The topological polar surface area (TPSA) is 80.0 Å². The highest BCUT2D eigenvalue weighted by Gasteiger charge is 2.18. The molecule has 8 heteroatoms. The molecule has 4 rings (SSSR count). The summed E-state index contributed by atoms with van der Waals surface area (Å²) in [4.78, 5) is 16.9. The Hall–Kier alpha value is -2.48. The number of thiazole rings is 1. The predicted octanol–water partition coefficient (Wildman–Crippen LogP) is 4.08. The molecule has 2 aromatic carbocycles. The fourth-order valence-electron chi connectivity index (χ4n) is 3.13. The molecule has 1 aromatic heterocycles. The van der Waals surface area contributed by atoms with Gasteiger partial charge in [-0.3, -0.25) is 4.79 Å². The van der Waals surface area contributed by atoms with Crippen LogP contribution < -0.4 is 16.4 Å². The number of rotatable bonds is 6. The van der Waals surface area contributed by atoms with E-state index in [-0.39, 0.29) is 17.0 Å². The van der Waals surface area contributed by atoms with Crippen molar-refractivity contribution in [1.82, 2.24) is 4.98 Å². The van der Waals surface area contributed by atoms with Gasteiger partial charge in [-0.05, 0) is 47.4 Å². The molecule has 1 aliphatic heterocycles. The lowest BCUT2D eigenvalue weighted by atomic mass is 10.1. The minimum atomic E-state index is -0.435. The van der Waals surface area contributed by atoms with Crippen LogP contribution in [0.1, 0.15) is 11.1 Å². The quantitative estimate of drug-likeness (QED) is 0.565. The van der Waals surface area contributed by atoms with Crippen LogP contribution in [0, 0.1) is 5.82 Å². The van der Waals surface area contributed by atoms with Gasteiger partial charge in [-0.1, -0.05) is 35.1 Å². The van der Waals surface area contributed by atoms with E-state index in [0.717, 1.165) is 32.4 Å². The van der Waals surface area contributed by atoms with Gasteiger partial charge in [-0.2, -0.15) is 0 Å². The predicted molar refractivity (Wildman–Crippen MR) is 111 cm³/mol. The van der Waals surface area contributed by atoms with Crippen molar-refractivity contribution in [3.8, 4) is 10.4 Å². The van der Waals surface area contributed by atoms with E-state index in [1.54, 1.807) is 18.3 Å². The van der Waals surface area contributed by atoms with Crippen molar-refractivity contribution in [3.05, 3.63) is 64.6 Å². The minimum Gasteiger partial charge on any atom is -0.360 e. The zero-order chi connectivity index (χ0) is 19.7. The molecule has 0 aliphatic carbocycles. The Kier molecular flexibility index (Phi) is 5.30. The summed E-state index contributed by atoms with van der Waals surface area (Å²) in [6, 6.07) is 10.5. The minimum absolute atomic E-state index is 0.0216. The Balaban J connectivity index is 1.36. The van der Waals surface area contributed by atoms with E-state index in [9.17, 15) is 9.18 Å². The zero-order valence-corrected chi connectivity index (χ0v) is 16.4. The van der Waals surface area contributed by atoms with Gasteiger partial charge in [-0.25, -0.2) is 9.37 Å². The second kappa shape index (κ2) is 7.87. The highest BCUT2D eigenvalue weighted by Crippen LogP contribution is 2.33. The summed E-state index contributed by atoms with van der Waals surface area (Å²) in [7, 11) is 0. The van der Waals surface area contributed by atoms with Crippen LogP contribution in [0.25, 0.3) is 10.4 Å². The maximum Gasteiger partial charge on any atom is 0.228 e. The first-order chi connectivity index (χ1) is 13.5. The van der Waals surface area contributed by atoms with E-state index in [0.29, 0.717) is 19.4 Å². The summed E-state index contributed by atoms with van der Waals surface area (Å²) >= 11 is 7.23. The lowest BCUT2D eigenvalue weighted by molar-refractivity contribution is -0.115. The van der Waals surface area contributed by atoms with Gasteiger partial charge in [0.15, 0.2) is 5.13 Å². The summed E-state index contributed by atoms with van der Waals surface area (Å²) in [5.74, 6) is -0.413. The number of carbonyl (C=O) groups excluding carboxylic acids is 1. The first-order valence-corrected chi connectivity index (χ1v) is 10.00. The van der Waals surface area contributed by atoms with Gasteiger partial charge in [0.1, 0.15) is 5.82 Å². The van der Waals surface area contributed by atoms with Crippen LogP contribution in [0.3, 0.4) is 0 Å². The number of amides is 1. The molecule has 0 bridgehead atoms. The van der Waals surface area contributed by atoms with Gasteiger partial charge in [0.25, 0.3) is 0 Å². The van der Waals surface area contributed by atoms with Crippen molar-refractivity contribution in [2.75, 3.05) is 17.2 Å². The Morgan fingerprint density at radius 3 is 3.00 bits per heavy atom. The fourth-order valence-corrected chi connectivity index (χ4v) is 4.07. The highest BCUT2D eigenvalue weighted by molar-refractivity contribution is 7.18. The van der Waals surface area contributed by atoms with Gasteiger partial charge in [0.05, 0.1) is 16.3 Å². The van der Waals surface area contributed by atoms with Crippen molar-refractivity contribution in [3.63, 3.8) is 0 Å². The summed E-state index contributed by atoms with van der Waals surface area (Å²) in [5, 5.41) is 6.94. The second-order valence-electron chi connectivity index (χ2n) is 6.72. The van der Waals surface area contributed by atoms with Crippen molar-refractivity contribution < 1.29 is 9.18 Å². The van der Waals surface area contributed by atoms with Crippen LogP contribution in [0.4, 0.5) is 15.2 Å². The van der Waals surface area contributed by atoms with Gasteiger partial charge < -0.3 is 16.4 Å². The number of hydrogen-bond acceptors (Lipinski definition) is 5. The van der Waals surface area contributed by atoms with Crippen LogP contribution in [0.15, 0.2) is 42.6 Å². The van der Waals surface area contributed by atoms with Gasteiger partial charge >= 0.3 is 0 Å². The second-order valence-corrected chi connectivity index (χ2v) is 8.16. The molecular weight excluding hydrogens is 399 g/mol. The number of nitrogens with one attached hydrogen (secondary N) is 2. The molecule has 1 atom stereocenters.